The van der Waals surface area contributed by atoms with Crippen LogP contribution in [0, 0.1) is 0 Å². The normalized spacial score (nSPS) is 13.9. The van der Waals surface area contributed by atoms with Gasteiger partial charge in [-0.25, -0.2) is 0 Å². The number of hydrogen-bond donors (Lipinski definition) is 2. The third kappa shape index (κ3) is 40.0. The predicted molar refractivity (Wildman–Crippen MR) is 154 cm³/mol. The summed E-state index contributed by atoms with van der Waals surface area (Å²) in [5, 5.41) is 7.83. The van der Waals surface area contributed by atoms with Crippen LogP contribution < -0.4 is 10.9 Å². The Kier molecular flexibility index (Phi) is 43.4. The summed E-state index contributed by atoms with van der Waals surface area (Å²) in [5.41, 5.74) is 6.68. The molecular formula is C14H28I5N4O2V2. The quantitative estimate of drug-likeness (QED) is 0.256. The van der Waals surface area contributed by atoms with Crippen LogP contribution in [-0.2, 0) is 24.0 Å². The molecule has 27 heavy (non-hydrogen) atoms. The zero-order valence-corrected chi connectivity index (χ0v) is 29.9. The molecular weight excluding hydrogens is 993 g/mol. The van der Waals surface area contributed by atoms with E-state index in [0.717, 1.165) is 24.3 Å². The van der Waals surface area contributed by atoms with Crippen LogP contribution in [0.25, 0.3) is 0 Å². The third-order valence-electron chi connectivity index (χ3n) is 2.16. The number of nitrogens with one attached hydrogen (secondary N) is 2. The number of carbonyl (C=O) groups is 2. The third-order valence-corrected chi connectivity index (χ3v) is 2.16. The van der Waals surface area contributed by atoms with Gasteiger partial charge in [0.2, 0.25) is 11.8 Å². The Balaban J connectivity index is -0.000000131. The van der Waals surface area contributed by atoms with Crippen LogP contribution in [0.3, 0.4) is 0 Å². The van der Waals surface area contributed by atoms with E-state index in [-0.39, 0.29) is 16.7 Å². The van der Waals surface area contributed by atoms with Gasteiger partial charge in [0.15, 0.2) is 0 Å². The Labute approximate surface area is 231 Å². The zero-order valence-electron chi connectivity index (χ0n) is 16.3. The minimum absolute atomic E-state index is 0.121. The first-order valence-corrected chi connectivity index (χ1v) is 30.6. The van der Waals surface area contributed by atoms with Crippen LogP contribution in [0.1, 0.15) is 67.2 Å². The Morgan fingerprint density at radius 2 is 1.00 bits per heavy atom. The Bertz CT molecular complexity index is 380. The van der Waals surface area contributed by atoms with Gasteiger partial charge in [0.05, 0.1) is 0 Å². The first kappa shape index (κ1) is 37.4. The summed E-state index contributed by atoms with van der Waals surface area (Å²) >= 11 is 12.1. The summed E-state index contributed by atoms with van der Waals surface area (Å²) in [6.45, 7) is 12.0. The van der Waals surface area contributed by atoms with Gasteiger partial charge in [0.25, 0.3) is 0 Å². The molecule has 1 fully saturated rings. The molecule has 13 heteroatoms. The van der Waals surface area contributed by atoms with Crippen LogP contribution >= 0.6 is 99.9 Å². The second-order valence-corrected chi connectivity index (χ2v) is 51.2. The molecule has 0 aromatic carbocycles. The van der Waals surface area contributed by atoms with Crippen molar-refractivity contribution in [1.82, 2.24) is 10.9 Å². The maximum atomic E-state index is 10.3. The summed E-state index contributed by atoms with van der Waals surface area (Å²) in [4.78, 5) is 20.3. The summed E-state index contributed by atoms with van der Waals surface area (Å²) < 4.78 is 0. The van der Waals surface area contributed by atoms with Crippen LogP contribution in [0.2, 0.25) is 0 Å². The Morgan fingerprint density at radius 1 is 0.778 bits per heavy atom. The zero-order chi connectivity index (χ0) is 22.3. The van der Waals surface area contributed by atoms with E-state index in [4.69, 9.17) is 0 Å². The standard InChI is InChI=1S/C6H10N2.C4H6N2O2.2C2H6.5HI.2V/c1-5-3-4-6(2)8-7-5;7-3-1-2-4(8)6-5-3;2*1-2;;;;;;;/h3-4H2,1-2H3;1-2H2,(H,5,7)(H,6,8);2*1-2H3;5*1H;;/q;;;;;;;;;+2;+3/p-5. The molecule has 2 N–H and O–H groups in total. The van der Waals surface area contributed by atoms with Gasteiger partial charge >= 0.3 is 114 Å². The van der Waals surface area contributed by atoms with Crippen molar-refractivity contribution in [1.29, 1.82) is 0 Å². The van der Waals surface area contributed by atoms with Crippen molar-refractivity contribution < 1.29 is 24.0 Å². The van der Waals surface area contributed by atoms with Gasteiger partial charge in [-0.2, -0.15) is 10.2 Å². The van der Waals surface area contributed by atoms with Gasteiger partial charge in [0.1, 0.15) is 0 Å². The molecule has 0 radical (unpaired) electrons. The van der Waals surface area contributed by atoms with Crippen LogP contribution in [-0.4, -0.2) is 23.2 Å². The van der Waals surface area contributed by atoms with Gasteiger partial charge in [0, 0.05) is 24.3 Å². The van der Waals surface area contributed by atoms with E-state index in [9.17, 15) is 9.59 Å². The second-order valence-electron chi connectivity index (χ2n) is 4.02. The number of amides is 2. The van der Waals surface area contributed by atoms with E-state index in [1.165, 1.54) is 0 Å². The van der Waals surface area contributed by atoms with E-state index < -0.39 is 0 Å². The molecule has 1 saturated heterocycles. The molecule has 2 heterocycles. The number of rotatable bonds is 0. The fraction of sp³-hybridized carbons (Fsp3) is 0.714. The molecule has 0 unspecified atom stereocenters. The summed E-state index contributed by atoms with van der Waals surface area (Å²) in [7, 11) is 0.628. The van der Waals surface area contributed by atoms with E-state index in [0.29, 0.717) is 22.3 Å². The van der Waals surface area contributed by atoms with E-state index in [2.05, 4.69) is 121 Å². The molecule has 2 amide bonds. The maximum absolute atomic E-state index is 10.3. The molecule has 2 aliphatic rings. The SMILES string of the molecule is CC.CC.CC1=NN=C(C)CC1.O=C1CCC(=O)NN1.[I][V]([I])[I].[I][V][I]. The number of nitrogens with zero attached hydrogens (tertiary/aromatic N) is 2. The van der Waals surface area contributed by atoms with Crippen molar-refractivity contribution in [3.63, 3.8) is 0 Å². The minimum atomic E-state index is -0.278. The fourth-order valence-corrected chi connectivity index (χ4v) is 1.12. The van der Waals surface area contributed by atoms with Crippen molar-refractivity contribution >= 4 is 123 Å². The van der Waals surface area contributed by atoms with E-state index in [1.807, 2.05) is 41.5 Å². The van der Waals surface area contributed by atoms with Gasteiger partial charge in [-0.3, -0.25) is 20.4 Å². The topological polar surface area (TPSA) is 82.9 Å². The van der Waals surface area contributed by atoms with Gasteiger partial charge < -0.3 is 0 Å². The first-order valence-electron chi connectivity index (χ1n) is 8.06. The monoisotopic (exact) mass is 1020 g/mol. The van der Waals surface area contributed by atoms with Gasteiger partial charge in [-0.1, -0.05) is 27.7 Å². The van der Waals surface area contributed by atoms with Gasteiger partial charge in [-0.15, -0.1) is 0 Å². The summed E-state index contributed by atoms with van der Waals surface area (Å²) in [6, 6.07) is 0. The van der Waals surface area contributed by atoms with E-state index >= 15 is 0 Å². The number of hydrazine groups is 1. The van der Waals surface area contributed by atoms with Crippen LogP contribution in [0.5, 0.6) is 0 Å². The number of hydrogen-bond acceptors (Lipinski definition) is 4. The summed E-state index contributed by atoms with van der Waals surface area (Å²) in [6.07, 6.45) is 2.81. The summed E-state index contributed by atoms with van der Waals surface area (Å²) in [5.74, 6) is -0.241. The van der Waals surface area contributed by atoms with Gasteiger partial charge in [-0.05, 0) is 26.7 Å². The molecule has 2 aliphatic heterocycles. The van der Waals surface area contributed by atoms with Crippen LogP contribution in [0.15, 0.2) is 10.2 Å². The average molecular weight is 1020 g/mol. The van der Waals surface area contributed by atoms with E-state index in [1.54, 1.807) is 0 Å². The molecule has 0 aliphatic carbocycles. The Morgan fingerprint density at radius 3 is 1.15 bits per heavy atom. The molecule has 161 valence electrons. The Hall–Kier alpha value is 3.10. The van der Waals surface area contributed by atoms with Crippen molar-refractivity contribution in [2.45, 2.75) is 67.2 Å². The predicted octanol–water partition coefficient (Wildman–Crippen LogP) is 7.02. The number of carbonyl (C=O) groups excluding carboxylic acids is 2. The molecule has 0 saturated carbocycles. The van der Waals surface area contributed by atoms with Crippen LogP contribution in [0.4, 0.5) is 0 Å². The fourth-order valence-electron chi connectivity index (χ4n) is 1.12. The molecule has 0 spiro atoms. The molecule has 6 nitrogen and oxygen atoms in total. The molecule has 2 rings (SSSR count). The molecule has 0 aromatic rings. The average Bonchev–Trinajstić information content (AvgIpc) is 2.64. The van der Waals surface area contributed by atoms with Crippen molar-refractivity contribution in [3.8, 4) is 0 Å². The second kappa shape index (κ2) is 31.3. The molecule has 0 bridgehead atoms. The first-order chi connectivity index (χ1) is 12.7. The van der Waals surface area contributed by atoms with Crippen molar-refractivity contribution in [2.24, 2.45) is 10.2 Å². The van der Waals surface area contributed by atoms with Crippen molar-refractivity contribution in [2.75, 3.05) is 0 Å². The van der Waals surface area contributed by atoms with Crippen molar-refractivity contribution in [3.05, 3.63) is 0 Å². The molecule has 0 atom stereocenters. The molecule has 0 aromatic heterocycles. The number of halogens is 5.